The van der Waals surface area contributed by atoms with Gasteiger partial charge in [0.15, 0.2) is 0 Å². The third kappa shape index (κ3) is 3.55. The molecule has 1 atom stereocenters. The van der Waals surface area contributed by atoms with E-state index in [0.717, 1.165) is 12.1 Å². The zero-order valence-electron chi connectivity index (χ0n) is 11.5. The SMILES string of the molecule is CC(NCC1(C)CCC1)c1cccc(S(N)(=O)=O)c1. The summed E-state index contributed by atoms with van der Waals surface area (Å²) in [4.78, 5) is 0.175. The average molecular weight is 282 g/mol. The predicted octanol–water partition coefficient (Wildman–Crippen LogP) is 2.17. The third-order valence-electron chi connectivity index (χ3n) is 4.08. The molecule has 1 unspecified atom stereocenters. The molecule has 1 saturated carbocycles. The van der Waals surface area contributed by atoms with Gasteiger partial charge in [0.1, 0.15) is 0 Å². The van der Waals surface area contributed by atoms with Crippen LogP contribution in [0.4, 0.5) is 0 Å². The van der Waals surface area contributed by atoms with Crippen molar-refractivity contribution in [1.29, 1.82) is 0 Å². The zero-order chi connectivity index (χ0) is 14.1. The van der Waals surface area contributed by atoms with Crippen molar-refractivity contribution in [2.24, 2.45) is 10.6 Å². The van der Waals surface area contributed by atoms with Crippen molar-refractivity contribution < 1.29 is 8.42 Å². The largest absolute Gasteiger partial charge is 0.310 e. The lowest BCUT2D eigenvalue weighted by Gasteiger charge is -2.39. The van der Waals surface area contributed by atoms with Crippen molar-refractivity contribution in [3.63, 3.8) is 0 Å². The maximum absolute atomic E-state index is 11.3. The summed E-state index contributed by atoms with van der Waals surface area (Å²) in [6.07, 6.45) is 3.85. The summed E-state index contributed by atoms with van der Waals surface area (Å²) in [5, 5.41) is 8.64. The molecule has 1 fully saturated rings. The van der Waals surface area contributed by atoms with E-state index in [9.17, 15) is 8.42 Å². The van der Waals surface area contributed by atoms with Gasteiger partial charge in [-0.05, 0) is 42.9 Å². The Morgan fingerprint density at radius 2 is 2.11 bits per heavy atom. The maximum Gasteiger partial charge on any atom is 0.238 e. The summed E-state index contributed by atoms with van der Waals surface area (Å²) < 4.78 is 22.7. The molecule has 106 valence electrons. The molecule has 1 aliphatic rings. The van der Waals surface area contributed by atoms with Gasteiger partial charge in [0.05, 0.1) is 4.90 Å². The molecule has 0 saturated heterocycles. The lowest BCUT2D eigenvalue weighted by atomic mass is 9.70. The van der Waals surface area contributed by atoms with E-state index >= 15 is 0 Å². The molecule has 0 amide bonds. The van der Waals surface area contributed by atoms with E-state index in [-0.39, 0.29) is 10.9 Å². The molecular weight excluding hydrogens is 260 g/mol. The summed E-state index contributed by atoms with van der Waals surface area (Å²) >= 11 is 0. The van der Waals surface area contributed by atoms with Gasteiger partial charge in [-0.3, -0.25) is 0 Å². The highest BCUT2D eigenvalue weighted by atomic mass is 32.2. The Morgan fingerprint density at radius 1 is 1.42 bits per heavy atom. The van der Waals surface area contributed by atoms with Gasteiger partial charge in [0.25, 0.3) is 0 Å². The van der Waals surface area contributed by atoms with Crippen LogP contribution in [0.15, 0.2) is 29.2 Å². The van der Waals surface area contributed by atoms with Crippen molar-refractivity contribution >= 4 is 10.0 Å². The van der Waals surface area contributed by atoms with Gasteiger partial charge in [-0.1, -0.05) is 25.5 Å². The molecule has 0 aliphatic heterocycles. The molecule has 4 nitrogen and oxygen atoms in total. The number of benzene rings is 1. The maximum atomic E-state index is 11.3. The lowest BCUT2D eigenvalue weighted by molar-refractivity contribution is 0.152. The molecule has 0 bridgehead atoms. The molecule has 0 spiro atoms. The average Bonchev–Trinajstić information content (AvgIpc) is 2.33. The molecule has 1 aromatic rings. The second kappa shape index (κ2) is 5.23. The van der Waals surface area contributed by atoms with Gasteiger partial charge in [-0.15, -0.1) is 0 Å². The number of nitrogens with one attached hydrogen (secondary N) is 1. The highest BCUT2D eigenvalue weighted by Gasteiger charge is 2.31. The Labute approximate surface area is 115 Å². The fourth-order valence-electron chi connectivity index (χ4n) is 2.44. The lowest BCUT2D eigenvalue weighted by Crippen LogP contribution is -2.38. The van der Waals surface area contributed by atoms with Gasteiger partial charge in [-0.25, -0.2) is 13.6 Å². The van der Waals surface area contributed by atoms with Crippen molar-refractivity contribution in [3.8, 4) is 0 Å². The first-order valence-corrected chi connectivity index (χ1v) is 8.21. The van der Waals surface area contributed by atoms with Crippen LogP contribution in [-0.2, 0) is 10.0 Å². The van der Waals surface area contributed by atoms with Crippen LogP contribution >= 0.6 is 0 Å². The van der Waals surface area contributed by atoms with E-state index in [1.807, 2.05) is 13.0 Å². The van der Waals surface area contributed by atoms with Gasteiger partial charge in [0.2, 0.25) is 10.0 Å². The predicted molar refractivity (Wildman–Crippen MR) is 76.2 cm³/mol. The fourth-order valence-corrected chi connectivity index (χ4v) is 3.00. The van der Waals surface area contributed by atoms with Crippen LogP contribution in [0.5, 0.6) is 0 Å². The quantitative estimate of drug-likeness (QED) is 0.869. The first-order chi connectivity index (χ1) is 8.80. The van der Waals surface area contributed by atoms with E-state index in [0.29, 0.717) is 5.41 Å². The van der Waals surface area contributed by atoms with Crippen LogP contribution in [0, 0.1) is 5.41 Å². The van der Waals surface area contributed by atoms with Crippen molar-refractivity contribution in [1.82, 2.24) is 5.32 Å². The van der Waals surface area contributed by atoms with Crippen molar-refractivity contribution in [2.45, 2.75) is 44.0 Å². The smallest absolute Gasteiger partial charge is 0.238 e. The van der Waals surface area contributed by atoms with Crippen LogP contribution < -0.4 is 10.5 Å². The molecule has 2 rings (SSSR count). The number of hydrogen-bond acceptors (Lipinski definition) is 3. The highest BCUT2D eigenvalue weighted by Crippen LogP contribution is 2.39. The fraction of sp³-hybridized carbons (Fsp3) is 0.571. The number of sulfonamides is 1. The van der Waals surface area contributed by atoms with E-state index in [2.05, 4.69) is 12.2 Å². The minimum Gasteiger partial charge on any atom is -0.310 e. The van der Waals surface area contributed by atoms with Crippen LogP contribution in [0.25, 0.3) is 0 Å². The summed E-state index contributed by atoms with van der Waals surface area (Å²) in [5.74, 6) is 0. The molecule has 0 heterocycles. The molecule has 0 aromatic heterocycles. The monoisotopic (exact) mass is 282 g/mol. The second-order valence-corrected chi connectivity index (χ2v) is 7.45. The third-order valence-corrected chi connectivity index (χ3v) is 4.99. The van der Waals surface area contributed by atoms with Crippen LogP contribution in [0.3, 0.4) is 0 Å². The Balaban J connectivity index is 2.04. The molecular formula is C14H22N2O2S. The summed E-state index contributed by atoms with van der Waals surface area (Å²) in [7, 11) is -3.62. The second-order valence-electron chi connectivity index (χ2n) is 5.88. The first kappa shape index (κ1) is 14.5. The number of hydrogen-bond donors (Lipinski definition) is 2. The van der Waals surface area contributed by atoms with Gasteiger partial charge >= 0.3 is 0 Å². The van der Waals surface area contributed by atoms with Gasteiger partial charge in [0, 0.05) is 12.6 Å². The summed E-state index contributed by atoms with van der Waals surface area (Å²) in [6, 6.07) is 6.96. The van der Waals surface area contributed by atoms with E-state index in [1.165, 1.54) is 25.3 Å². The standard InChI is InChI=1S/C14H22N2O2S/c1-11(16-10-14(2)7-4-8-14)12-5-3-6-13(9-12)19(15,17)18/h3,5-6,9,11,16H,4,7-8,10H2,1-2H3,(H2,15,17,18). The summed E-state index contributed by atoms with van der Waals surface area (Å²) in [6.45, 7) is 5.30. The Bertz CT molecular complexity index is 550. The Hall–Kier alpha value is -0.910. The van der Waals surface area contributed by atoms with E-state index in [4.69, 9.17) is 5.14 Å². The minimum absolute atomic E-state index is 0.124. The summed E-state index contributed by atoms with van der Waals surface area (Å²) in [5.41, 5.74) is 1.36. The van der Waals surface area contributed by atoms with E-state index in [1.54, 1.807) is 12.1 Å². The number of rotatable bonds is 5. The topological polar surface area (TPSA) is 72.2 Å². The zero-order valence-corrected chi connectivity index (χ0v) is 12.3. The number of primary sulfonamides is 1. The van der Waals surface area contributed by atoms with Crippen LogP contribution in [0.2, 0.25) is 0 Å². The molecule has 1 aromatic carbocycles. The molecule has 3 N–H and O–H groups in total. The Morgan fingerprint density at radius 3 is 2.63 bits per heavy atom. The van der Waals surface area contributed by atoms with Crippen LogP contribution in [0.1, 0.15) is 44.7 Å². The van der Waals surface area contributed by atoms with Gasteiger partial charge < -0.3 is 5.32 Å². The Kier molecular flexibility index (Phi) is 3.99. The number of nitrogens with two attached hydrogens (primary N) is 1. The van der Waals surface area contributed by atoms with Gasteiger partial charge in [-0.2, -0.15) is 0 Å². The van der Waals surface area contributed by atoms with Crippen LogP contribution in [-0.4, -0.2) is 15.0 Å². The normalized spacial score (nSPS) is 19.7. The highest BCUT2D eigenvalue weighted by molar-refractivity contribution is 7.89. The minimum atomic E-state index is -3.62. The van der Waals surface area contributed by atoms with E-state index < -0.39 is 10.0 Å². The molecule has 5 heteroatoms. The first-order valence-electron chi connectivity index (χ1n) is 6.66. The molecule has 1 aliphatic carbocycles. The molecule has 0 radical (unpaired) electrons. The van der Waals surface area contributed by atoms with Crippen molar-refractivity contribution in [2.75, 3.05) is 6.54 Å². The molecule has 19 heavy (non-hydrogen) atoms. The van der Waals surface area contributed by atoms with Crippen molar-refractivity contribution in [3.05, 3.63) is 29.8 Å².